The molecule has 2 rings (SSSR count). The quantitative estimate of drug-likeness (QED) is 0.717. The van der Waals surface area contributed by atoms with Crippen LogP contribution < -0.4 is 5.32 Å². The molecule has 3 heteroatoms. The summed E-state index contributed by atoms with van der Waals surface area (Å²) >= 11 is 12.3. The molecule has 0 radical (unpaired) electrons. The molecule has 1 saturated carbocycles. The lowest BCUT2D eigenvalue weighted by molar-refractivity contribution is 0.265. The summed E-state index contributed by atoms with van der Waals surface area (Å²) in [6.45, 7) is 5.59. The molecule has 3 unspecified atom stereocenters. The molecule has 1 aliphatic carbocycles. The monoisotopic (exact) mass is 313 g/mol. The lowest BCUT2D eigenvalue weighted by Crippen LogP contribution is -2.24. The van der Waals surface area contributed by atoms with Gasteiger partial charge in [-0.2, -0.15) is 0 Å². The van der Waals surface area contributed by atoms with Crippen LogP contribution >= 0.6 is 23.2 Å². The molecule has 20 heavy (non-hydrogen) atoms. The smallest absolute Gasteiger partial charge is 0.0454 e. The first-order valence-corrected chi connectivity index (χ1v) is 8.50. The van der Waals surface area contributed by atoms with Gasteiger partial charge in [-0.05, 0) is 61.9 Å². The average Bonchev–Trinajstić information content (AvgIpc) is 2.41. The van der Waals surface area contributed by atoms with E-state index in [9.17, 15) is 0 Å². The second-order valence-corrected chi connectivity index (χ2v) is 7.11. The molecule has 1 N–H and O–H groups in total. The molecule has 0 spiro atoms. The summed E-state index contributed by atoms with van der Waals surface area (Å²) in [5, 5.41) is 5.13. The summed E-state index contributed by atoms with van der Waals surface area (Å²) in [5.41, 5.74) is 1.09. The predicted octanol–water partition coefficient (Wildman–Crippen LogP) is 5.86. The zero-order valence-corrected chi connectivity index (χ0v) is 14.0. The number of hydrogen-bond donors (Lipinski definition) is 1. The Morgan fingerprint density at radius 2 is 2.10 bits per heavy atom. The number of nitrogens with one attached hydrogen (secondary N) is 1. The van der Waals surface area contributed by atoms with E-state index in [1.54, 1.807) is 0 Å². The van der Waals surface area contributed by atoms with E-state index in [0.717, 1.165) is 34.0 Å². The van der Waals surface area contributed by atoms with Gasteiger partial charge in [0.1, 0.15) is 0 Å². The molecule has 0 aliphatic heterocycles. The van der Waals surface area contributed by atoms with Crippen LogP contribution in [0, 0.1) is 11.8 Å². The van der Waals surface area contributed by atoms with E-state index in [4.69, 9.17) is 23.2 Å². The van der Waals surface area contributed by atoms with Gasteiger partial charge >= 0.3 is 0 Å². The van der Waals surface area contributed by atoms with Crippen LogP contribution in [-0.2, 0) is 0 Å². The third-order valence-corrected chi connectivity index (χ3v) is 5.05. The molecule has 0 heterocycles. The van der Waals surface area contributed by atoms with Gasteiger partial charge in [-0.15, -0.1) is 0 Å². The van der Waals surface area contributed by atoms with Gasteiger partial charge in [0.2, 0.25) is 0 Å². The van der Waals surface area contributed by atoms with Crippen molar-refractivity contribution >= 4 is 23.2 Å². The van der Waals surface area contributed by atoms with E-state index in [1.807, 2.05) is 18.2 Å². The zero-order valence-electron chi connectivity index (χ0n) is 12.5. The molecule has 1 nitrogen and oxygen atoms in total. The second-order valence-electron chi connectivity index (χ2n) is 6.27. The summed E-state index contributed by atoms with van der Waals surface area (Å²) in [6.07, 6.45) is 6.89. The summed E-state index contributed by atoms with van der Waals surface area (Å²) in [7, 11) is 0. The highest BCUT2D eigenvalue weighted by Gasteiger charge is 2.18. The van der Waals surface area contributed by atoms with Gasteiger partial charge in [0, 0.05) is 16.1 Å². The van der Waals surface area contributed by atoms with Crippen molar-refractivity contribution in [3.8, 4) is 0 Å². The molecular weight excluding hydrogens is 289 g/mol. The third kappa shape index (κ3) is 4.65. The Morgan fingerprint density at radius 3 is 2.85 bits per heavy atom. The Balaban J connectivity index is 1.80. The fourth-order valence-corrected chi connectivity index (χ4v) is 3.74. The molecule has 3 atom stereocenters. The lowest BCUT2D eigenvalue weighted by atomic mass is 9.81. The van der Waals surface area contributed by atoms with Crippen LogP contribution in [0.3, 0.4) is 0 Å². The van der Waals surface area contributed by atoms with E-state index in [2.05, 4.69) is 19.2 Å². The van der Waals surface area contributed by atoms with Crippen LogP contribution in [0.1, 0.15) is 57.6 Å². The van der Waals surface area contributed by atoms with E-state index < -0.39 is 0 Å². The number of benzene rings is 1. The molecule has 0 saturated heterocycles. The summed E-state index contributed by atoms with van der Waals surface area (Å²) in [6, 6.07) is 5.93. The summed E-state index contributed by atoms with van der Waals surface area (Å²) in [4.78, 5) is 0. The van der Waals surface area contributed by atoms with Crippen molar-refractivity contribution in [3.05, 3.63) is 33.8 Å². The molecule has 0 aromatic heterocycles. The highest BCUT2D eigenvalue weighted by atomic mass is 35.5. The van der Waals surface area contributed by atoms with Gasteiger partial charge in [0.05, 0.1) is 0 Å². The van der Waals surface area contributed by atoms with Crippen LogP contribution in [0.2, 0.25) is 10.0 Å². The molecule has 1 aliphatic rings. The Kier molecular flexibility index (Phi) is 6.20. The Labute approximate surface area is 133 Å². The van der Waals surface area contributed by atoms with Crippen molar-refractivity contribution in [3.63, 3.8) is 0 Å². The maximum atomic E-state index is 6.24. The normalized spacial score (nSPS) is 24.6. The van der Waals surface area contributed by atoms with Gasteiger partial charge in [-0.25, -0.2) is 0 Å². The van der Waals surface area contributed by atoms with Crippen molar-refractivity contribution < 1.29 is 0 Å². The maximum absolute atomic E-state index is 6.24. The lowest BCUT2D eigenvalue weighted by Gasteiger charge is -2.27. The molecule has 1 aromatic rings. The van der Waals surface area contributed by atoms with Crippen molar-refractivity contribution in [1.29, 1.82) is 0 Å². The standard InChI is InChI=1S/C17H25Cl2N/c1-12-4-3-5-14(10-12)8-9-20-13(2)16-11-15(18)6-7-17(16)19/h6-7,11-14,20H,3-5,8-10H2,1-2H3. The Morgan fingerprint density at radius 1 is 1.30 bits per heavy atom. The minimum Gasteiger partial charge on any atom is -0.310 e. The van der Waals surface area contributed by atoms with Crippen molar-refractivity contribution in [2.75, 3.05) is 6.54 Å². The van der Waals surface area contributed by atoms with Crippen molar-refractivity contribution in [2.24, 2.45) is 11.8 Å². The van der Waals surface area contributed by atoms with Crippen molar-refractivity contribution in [2.45, 2.75) is 52.0 Å². The highest BCUT2D eigenvalue weighted by Crippen LogP contribution is 2.31. The van der Waals surface area contributed by atoms with Crippen LogP contribution in [0.5, 0.6) is 0 Å². The van der Waals surface area contributed by atoms with Crippen LogP contribution in [0.15, 0.2) is 18.2 Å². The van der Waals surface area contributed by atoms with E-state index in [0.29, 0.717) is 0 Å². The van der Waals surface area contributed by atoms with Gasteiger partial charge < -0.3 is 5.32 Å². The third-order valence-electron chi connectivity index (χ3n) is 4.47. The molecule has 0 bridgehead atoms. The van der Waals surface area contributed by atoms with E-state index in [-0.39, 0.29) is 6.04 Å². The fraction of sp³-hybridized carbons (Fsp3) is 0.647. The largest absolute Gasteiger partial charge is 0.310 e. The van der Waals surface area contributed by atoms with E-state index >= 15 is 0 Å². The summed E-state index contributed by atoms with van der Waals surface area (Å²) < 4.78 is 0. The molecule has 0 amide bonds. The minimum atomic E-state index is 0.252. The first kappa shape index (κ1) is 16.1. The SMILES string of the molecule is CC1CCCC(CCNC(C)c2cc(Cl)ccc2Cl)C1. The fourth-order valence-electron chi connectivity index (χ4n) is 3.28. The molecular formula is C17H25Cl2N. The summed E-state index contributed by atoms with van der Waals surface area (Å²) in [5.74, 6) is 1.81. The Bertz CT molecular complexity index is 433. The van der Waals surface area contributed by atoms with Gasteiger partial charge in [0.15, 0.2) is 0 Å². The molecule has 112 valence electrons. The van der Waals surface area contributed by atoms with Crippen LogP contribution in [-0.4, -0.2) is 6.54 Å². The van der Waals surface area contributed by atoms with Gasteiger partial charge in [-0.1, -0.05) is 49.4 Å². The molecule has 1 aromatic carbocycles. The predicted molar refractivity (Wildman–Crippen MR) is 88.6 cm³/mol. The van der Waals surface area contributed by atoms with Crippen LogP contribution in [0.25, 0.3) is 0 Å². The maximum Gasteiger partial charge on any atom is 0.0454 e. The van der Waals surface area contributed by atoms with Gasteiger partial charge in [0.25, 0.3) is 0 Å². The first-order chi connectivity index (χ1) is 9.56. The number of rotatable bonds is 5. The van der Waals surface area contributed by atoms with Crippen molar-refractivity contribution in [1.82, 2.24) is 5.32 Å². The zero-order chi connectivity index (χ0) is 14.5. The topological polar surface area (TPSA) is 12.0 Å². The first-order valence-electron chi connectivity index (χ1n) is 7.74. The average molecular weight is 314 g/mol. The second kappa shape index (κ2) is 7.68. The minimum absolute atomic E-state index is 0.252. The molecule has 1 fully saturated rings. The van der Waals surface area contributed by atoms with Crippen LogP contribution in [0.4, 0.5) is 0 Å². The highest BCUT2D eigenvalue weighted by molar-refractivity contribution is 6.33. The van der Waals surface area contributed by atoms with Gasteiger partial charge in [-0.3, -0.25) is 0 Å². The number of hydrogen-bond acceptors (Lipinski definition) is 1. The van der Waals surface area contributed by atoms with E-state index in [1.165, 1.54) is 32.1 Å². The number of halogens is 2. The Hall–Kier alpha value is -0.240.